The Hall–Kier alpha value is -1.68. The van der Waals surface area contributed by atoms with Gasteiger partial charge in [0.15, 0.2) is 12.4 Å². The molecule has 2 aromatic rings. The molecule has 0 saturated carbocycles. The van der Waals surface area contributed by atoms with Crippen molar-refractivity contribution in [3.05, 3.63) is 63.9 Å². The molecule has 0 fully saturated rings. The summed E-state index contributed by atoms with van der Waals surface area (Å²) in [4.78, 5) is 12.0. The fourth-order valence-electron chi connectivity index (χ4n) is 1.96. The second kappa shape index (κ2) is 7.36. The minimum atomic E-state index is -0.399. The number of carbonyl (C=O) groups is 1. The lowest BCUT2D eigenvalue weighted by Crippen LogP contribution is -2.12. The van der Waals surface area contributed by atoms with E-state index >= 15 is 0 Å². The molecule has 0 radical (unpaired) electrons. The Morgan fingerprint density at radius 1 is 1.19 bits per heavy atom. The maximum absolute atomic E-state index is 13.1. The first-order chi connectivity index (χ1) is 10.1. The van der Waals surface area contributed by atoms with Gasteiger partial charge in [-0.1, -0.05) is 37.6 Å². The Kier molecular flexibility index (Phi) is 5.51. The highest BCUT2D eigenvalue weighted by atomic mass is 79.9. The zero-order valence-electron chi connectivity index (χ0n) is 11.7. The minimum Gasteiger partial charge on any atom is -0.484 e. The molecule has 0 N–H and O–H groups in total. The van der Waals surface area contributed by atoms with Gasteiger partial charge < -0.3 is 4.74 Å². The van der Waals surface area contributed by atoms with Crippen molar-refractivity contribution in [1.82, 2.24) is 0 Å². The number of rotatable bonds is 6. The van der Waals surface area contributed by atoms with E-state index in [1.807, 2.05) is 12.1 Å². The molecular formula is C17H16BrFO2. The summed E-state index contributed by atoms with van der Waals surface area (Å²) in [5.74, 6) is -0.204. The fraction of sp³-hybridized carbons (Fsp3) is 0.235. The highest BCUT2D eigenvalue weighted by Gasteiger charge is 2.09. The highest BCUT2D eigenvalue weighted by Crippen LogP contribution is 2.25. The zero-order valence-corrected chi connectivity index (χ0v) is 13.3. The molecule has 0 bridgehead atoms. The third-order valence-electron chi connectivity index (χ3n) is 3.07. The molecule has 0 aliphatic rings. The van der Waals surface area contributed by atoms with Gasteiger partial charge in [0.2, 0.25) is 0 Å². The van der Waals surface area contributed by atoms with E-state index in [1.54, 1.807) is 18.2 Å². The summed E-state index contributed by atoms with van der Waals surface area (Å²) in [5, 5.41) is 0. The van der Waals surface area contributed by atoms with E-state index in [1.165, 1.54) is 17.7 Å². The van der Waals surface area contributed by atoms with Gasteiger partial charge in [0, 0.05) is 11.6 Å². The molecule has 110 valence electrons. The number of hydrogen-bond acceptors (Lipinski definition) is 2. The molecular weight excluding hydrogens is 335 g/mol. The maximum atomic E-state index is 13.1. The van der Waals surface area contributed by atoms with E-state index in [-0.39, 0.29) is 12.4 Å². The van der Waals surface area contributed by atoms with Gasteiger partial charge in [-0.3, -0.25) is 4.79 Å². The molecule has 0 aliphatic heterocycles. The second-order valence-electron chi connectivity index (χ2n) is 4.73. The number of aryl methyl sites for hydroxylation is 1. The molecule has 0 spiro atoms. The molecule has 2 aromatic carbocycles. The monoisotopic (exact) mass is 350 g/mol. The van der Waals surface area contributed by atoms with Gasteiger partial charge in [0.1, 0.15) is 11.6 Å². The third-order valence-corrected chi connectivity index (χ3v) is 3.72. The summed E-state index contributed by atoms with van der Waals surface area (Å²) in [6.45, 7) is 2.00. The Morgan fingerprint density at radius 2 is 1.90 bits per heavy atom. The number of Topliss-reactive ketones (excluding diaryl/α,β-unsaturated/α-hetero) is 1. The number of carbonyl (C=O) groups excluding carboxylic acids is 1. The average Bonchev–Trinajstić information content (AvgIpc) is 2.49. The van der Waals surface area contributed by atoms with Crippen molar-refractivity contribution in [2.75, 3.05) is 6.61 Å². The van der Waals surface area contributed by atoms with Gasteiger partial charge in [-0.15, -0.1) is 0 Å². The van der Waals surface area contributed by atoms with E-state index in [4.69, 9.17) is 4.74 Å². The highest BCUT2D eigenvalue weighted by molar-refractivity contribution is 9.10. The molecule has 0 heterocycles. The van der Waals surface area contributed by atoms with E-state index in [2.05, 4.69) is 22.9 Å². The number of benzene rings is 2. The number of halogens is 2. The fourth-order valence-corrected chi connectivity index (χ4v) is 2.32. The normalized spacial score (nSPS) is 10.4. The van der Waals surface area contributed by atoms with E-state index in [9.17, 15) is 9.18 Å². The van der Waals surface area contributed by atoms with Crippen molar-refractivity contribution in [3.63, 3.8) is 0 Å². The summed E-state index contributed by atoms with van der Waals surface area (Å²) in [5.41, 5.74) is 1.81. The standard InChI is InChI=1S/C17H16BrFO2/c1-2-3-12-4-6-13(7-5-12)16(20)11-21-17-10-14(19)8-9-15(17)18/h4-10H,2-3,11H2,1H3. The van der Waals surface area contributed by atoms with Crippen LogP contribution in [0.5, 0.6) is 5.75 Å². The minimum absolute atomic E-state index is 0.116. The van der Waals surface area contributed by atoms with Gasteiger partial charge in [0.25, 0.3) is 0 Å². The van der Waals surface area contributed by atoms with E-state index < -0.39 is 5.82 Å². The molecule has 2 nitrogen and oxygen atoms in total. The SMILES string of the molecule is CCCc1ccc(C(=O)COc2cc(F)ccc2Br)cc1. The second-order valence-corrected chi connectivity index (χ2v) is 5.59. The largest absolute Gasteiger partial charge is 0.484 e. The van der Waals surface area contributed by atoms with Gasteiger partial charge in [-0.05, 0) is 40.0 Å². The van der Waals surface area contributed by atoms with Crippen LogP contribution in [0.4, 0.5) is 4.39 Å². The summed E-state index contributed by atoms with van der Waals surface area (Å²) in [6.07, 6.45) is 2.07. The zero-order chi connectivity index (χ0) is 15.2. The molecule has 0 unspecified atom stereocenters. The van der Waals surface area contributed by atoms with Crippen LogP contribution in [0.1, 0.15) is 29.3 Å². The summed E-state index contributed by atoms with van der Waals surface area (Å²) < 4.78 is 19.1. The van der Waals surface area contributed by atoms with Crippen LogP contribution >= 0.6 is 15.9 Å². The molecule has 0 aliphatic carbocycles. The van der Waals surface area contributed by atoms with E-state index in [0.29, 0.717) is 15.8 Å². The van der Waals surface area contributed by atoms with Crippen LogP contribution < -0.4 is 4.74 Å². The maximum Gasteiger partial charge on any atom is 0.200 e. The molecule has 4 heteroatoms. The molecule has 21 heavy (non-hydrogen) atoms. The quantitative estimate of drug-likeness (QED) is 0.699. The molecule has 2 rings (SSSR count). The summed E-state index contributed by atoms with van der Waals surface area (Å²) in [6, 6.07) is 11.6. The Labute approximate surface area is 132 Å². The smallest absolute Gasteiger partial charge is 0.200 e. The van der Waals surface area contributed by atoms with Crippen molar-refractivity contribution in [1.29, 1.82) is 0 Å². The topological polar surface area (TPSA) is 26.3 Å². The van der Waals surface area contributed by atoms with Crippen LogP contribution in [-0.4, -0.2) is 12.4 Å². The van der Waals surface area contributed by atoms with Gasteiger partial charge in [0.05, 0.1) is 4.47 Å². The van der Waals surface area contributed by atoms with Crippen LogP contribution in [0.3, 0.4) is 0 Å². The first-order valence-corrected chi connectivity index (χ1v) is 7.59. The Balaban J connectivity index is 1.99. The van der Waals surface area contributed by atoms with Crippen LogP contribution in [0.15, 0.2) is 46.9 Å². The lowest BCUT2D eigenvalue weighted by Gasteiger charge is -2.08. The average molecular weight is 351 g/mol. The molecule has 0 aromatic heterocycles. The Bertz CT molecular complexity index is 623. The lowest BCUT2D eigenvalue weighted by molar-refractivity contribution is 0.0920. The van der Waals surface area contributed by atoms with Gasteiger partial charge in [-0.25, -0.2) is 4.39 Å². The number of ether oxygens (including phenoxy) is 1. The number of ketones is 1. The van der Waals surface area contributed by atoms with Crippen molar-refractivity contribution in [2.24, 2.45) is 0 Å². The van der Waals surface area contributed by atoms with Crippen molar-refractivity contribution < 1.29 is 13.9 Å². The van der Waals surface area contributed by atoms with E-state index in [0.717, 1.165) is 12.8 Å². The third kappa shape index (κ3) is 4.39. The molecule has 0 amide bonds. The predicted molar refractivity (Wildman–Crippen MR) is 84.4 cm³/mol. The van der Waals surface area contributed by atoms with Crippen molar-refractivity contribution in [3.8, 4) is 5.75 Å². The molecule has 0 saturated heterocycles. The number of hydrogen-bond donors (Lipinski definition) is 0. The lowest BCUT2D eigenvalue weighted by atomic mass is 10.1. The van der Waals surface area contributed by atoms with Gasteiger partial charge in [-0.2, -0.15) is 0 Å². The molecule has 0 atom stereocenters. The van der Waals surface area contributed by atoms with Crippen LogP contribution in [0, 0.1) is 5.82 Å². The van der Waals surface area contributed by atoms with Crippen molar-refractivity contribution >= 4 is 21.7 Å². The first-order valence-electron chi connectivity index (χ1n) is 6.80. The van der Waals surface area contributed by atoms with Crippen LogP contribution in [-0.2, 0) is 6.42 Å². The first kappa shape index (κ1) is 15.7. The summed E-state index contributed by atoms with van der Waals surface area (Å²) in [7, 11) is 0. The summed E-state index contributed by atoms with van der Waals surface area (Å²) >= 11 is 3.26. The van der Waals surface area contributed by atoms with Crippen LogP contribution in [0.2, 0.25) is 0 Å². The Morgan fingerprint density at radius 3 is 2.57 bits per heavy atom. The van der Waals surface area contributed by atoms with Crippen molar-refractivity contribution in [2.45, 2.75) is 19.8 Å². The van der Waals surface area contributed by atoms with Crippen LogP contribution in [0.25, 0.3) is 0 Å². The van der Waals surface area contributed by atoms with Gasteiger partial charge >= 0.3 is 0 Å². The predicted octanol–water partition coefficient (Wildman–Crippen LogP) is 4.80.